The Morgan fingerprint density at radius 1 is 1.10 bits per heavy atom. The minimum Gasteiger partial charge on any atom is -0.378 e. The second-order valence-corrected chi connectivity index (χ2v) is 8.23. The maximum absolute atomic E-state index is 12.4. The van der Waals surface area contributed by atoms with Crippen LogP contribution in [-0.4, -0.2) is 52.7 Å². The second-order valence-electron chi connectivity index (χ2n) is 6.86. The Balaban J connectivity index is 1.32. The van der Waals surface area contributed by atoms with Crippen molar-refractivity contribution in [2.75, 3.05) is 42.3 Å². The summed E-state index contributed by atoms with van der Waals surface area (Å²) < 4.78 is 7.26. The minimum atomic E-state index is -0.0878. The standard InChI is InChI=1S/C21H22ClN5O2S/c1-26-20(15-2-4-16(22)5-3-15)24-25-21(26)30-14-19(28)23-17-6-8-18(9-7-17)27-10-12-29-13-11-27/h2-9H,10-14H2,1H3,(H,23,28). The van der Waals surface area contributed by atoms with Crippen LogP contribution in [0.5, 0.6) is 0 Å². The van der Waals surface area contributed by atoms with Crippen LogP contribution in [0.15, 0.2) is 53.7 Å². The van der Waals surface area contributed by atoms with E-state index >= 15 is 0 Å². The number of nitrogens with one attached hydrogen (secondary N) is 1. The van der Waals surface area contributed by atoms with Crippen LogP contribution in [0.25, 0.3) is 11.4 Å². The van der Waals surface area contributed by atoms with Crippen molar-refractivity contribution in [3.63, 3.8) is 0 Å². The zero-order valence-corrected chi connectivity index (χ0v) is 18.1. The van der Waals surface area contributed by atoms with Crippen LogP contribution in [0, 0.1) is 0 Å². The molecule has 0 atom stereocenters. The zero-order valence-electron chi connectivity index (χ0n) is 16.5. The Kier molecular flexibility index (Phi) is 6.56. The van der Waals surface area contributed by atoms with Gasteiger partial charge in [0.2, 0.25) is 5.91 Å². The molecule has 0 aliphatic carbocycles. The van der Waals surface area contributed by atoms with E-state index in [2.05, 4.69) is 20.4 Å². The van der Waals surface area contributed by atoms with Gasteiger partial charge in [-0.3, -0.25) is 4.79 Å². The Labute approximate surface area is 184 Å². The van der Waals surface area contributed by atoms with Gasteiger partial charge in [-0.1, -0.05) is 23.4 Å². The highest BCUT2D eigenvalue weighted by atomic mass is 35.5. The number of hydrogen-bond acceptors (Lipinski definition) is 6. The number of halogens is 1. The lowest BCUT2D eigenvalue weighted by Gasteiger charge is -2.28. The molecular formula is C21H22ClN5O2S. The molecule has 30 heavy (non-hydrogen) atoms. The van der Waals surface area contributed by atoms with E-state index in [0.29, 0.717) is 10.2 Å². The molecule has 3 aromatic rings. The summed E-state index contributed by atoms with van der Waals surface area (Å²) in [5, 5.41) is 12.7. The lowest BCUT2D eigenvalue weighted by atomic mass is 10.2. The quantitative estimate of drug-likeness (QED) is 0.585. The fourth-order valence-electron chi connectivity index (χ4n) is 3.20. The molecule has 1 saturated heterocycles. The van der Waals surface area contributed by atoms with E-state index in [1.807, 2.05) is 60.1 Å². The van der Waals surface area contributed by atoms with E-state index in [-0.39, 0.29) is 11.7 Å². The van der Waals surface area contributed by atoms with E-state index in [1.165, 1.54) is 11.8 Å². The van der Waals surface area contributed by atoms with Gasteiger partial charge in [0.05, 0.1) is 19.0 Å². The second kappa shape index (κ2) is 9.51. The Bertz CT molecular complexity index is 1000. The van der Waals surface area contributed by atoms with Gasteiger partial charge < -0.3 is 19.5 Å². The summed E-state index contributed by atoms with van der Waals surface area (Å²) in [7, 11) is 1.88. The molecule has 7 nitrogen and oxygen atoms in total. The first kappa shape index (κ1) is 20.7. The molecule has 0 saturated carbocycles. The van der Waals surface area contributed by atoms with Gasteiger partial charge in [-0.15, -0.1) is 10.2 Å². The summed E-state index contributed by atoms with van der Waals surface area (Å²) in [5.74, 6) is 0.890. The average Bonchev–Trinajstić information content (AvgIpc) is 3.14. The number of amides is 1. The number of thioether (sulfide) groups is 1. The van der Waals surface area contributed by atoms with Gasteiger partial charge >= 0.3 is 0 Å². The van der Waals surface area contributed by atoms with E-state index in [4.69, 9.17) is 16.3 Å². The average molecular weight is 444 g/mol. The van der Waals surface area contributed by atoms with E-state index in [9.17, 15) is 4.79 Å². The third-order valence-corrected chi connectivity index (χ3v) is 6.07. The molecule has 1 amide bonds. The molecule has 1 aliphatic rings. The van der Waals surface area contributed by atoms with Crippen LogP contribution in [-0.2, 0) is 16.6 Å². The van der Waals surface area contributed by atoms with Gasteiger partial charge in [-0.2, -0.15) is 0 Å². The molecular weight excluding hydrogens is 422 g/mol. The third kappa shape index (κ3) is 4.95. The number of benzene rings is 2. The molecule has 4 rings (SSSR count). The molecule has 0 unspecified atom stereocenters. The van der Waals surface area contributed by atoms with Gasteiger partial charge in [0.25, 0.3) is 0 Å². The first-order valence-corrected chi connectivity index (χ1v) is 11.0. The normalized spacial score (nSPS) is 14.0. The first-order valence-electron chi connectivity index (χ1n) is 9.61. The Morgan fingerprint density at radius 2 is 1.80 bits per heavy atom. The summed E-state index contributed by atoms with van der Waals surface area (Å²) in [5.41, 5.74) is 2.84. The zero-order chi connectivity index (χ0) is 20.9. The molecule has 1 fully saturated rings. The molecule has 2 aromatic carbocycles. The lowest BCUT2D eigenvalue weighted by Crippen LogP contribution is -2.36. The molecule has 1 N–H and O–H groups in total. The van der Waals surface area contributed by atoms with Crippen LogP contribution in [0.4, 0.5) is 11.4 Å². The van der Waals surface area contributed by atoms with Crippen molar-refractivity contribution in [1.82, 2.24) is 14.8 Å². The molecule has 0 radical (unpaired) electrons. The van der Waals surface area contributed by atoms with E-state index < -0.39 is 0 Å². The van der Waals surface area contributed by atoms with Gasteiger partial charge in [-0.25, -0.2) is 0 Å². The molecule has 1 aromatic heterocycles. The van der Waals surface area contributed by atoms with E-state index in [0.717, 1.165) is 49.1 Å². The summed E-state index contributed by atoms with van der Waals surface area (Å²) in [4.78, 5) is 14.6. The number of carbonyl (C=O) groups is 1. The predicted octanol–water partition coefficient (Wildman–Crippen LogP) is 3.70. The van der Waals surface area contributed by atoms with Crippen molar-refractivity contribution >= 4 is 40.6 Å². The third-order valence-electron chi connectivity index (χ3n) is 4.80. The first-order chi connectivity index (χ1) is 14.6. The highest BCUT2D eigenvalue weighted by molar-refractivity contribution is 7.99. The maximum Gasteiger partial charge on any atom is 0.234 e. The van der Waals surface area contributed by atoms with Gasteiger partial charge in [0.15, 0.2) is 11.0 Å². The summed E-state index contributed by atoms with van der Waals surface area (Å²) >= 11 is 7.29. The predicted molar refractivity (Wildman–Crippen MR) is 120 cm³/mol. The molecule has 9 heteroatoms. The summed E-state index contributed by atoms with van der Waals surface area (Å²) in [6.45, 7) is 3.27. The highest BCUT2D eigenvalue weighted by Crippen LogP contribution is 2.24. The molecule has 1 aliphatic heterocycles. The number of ether oxygens (including phenoxy) is 1. The number of rotatable bonds is 6. The van der Waals surface area contributed by atoms with Gasteiger partial charge in [0.1, 0.15) is 0 Å². The van der Waals surface area contributed by atoms with Crippen LogP contribution in [0.1, 0.15) is 0 Å². The highest BCUT2D eigenvalue weighted by Gasteiger charge is 2.14. The monoisotopic (exact) mass is 443 g/mol. The number of aromatic nitrogens is 3. The lowest BCUT2D eigenvalue weighted by molar-refractivity contribution is -0.113. The molecule has 0 bridgehead atoms. The Hall–Kier alpha value is -2.55. The minimum absolute atomic E-state index is 0.0878. The molecule has 156 valence electrons. The SMILES string of the molecule is Cn1c(SCC(=O)Nc2ccc(N3CCOCC3)cc2)nnc1-c1ccc(Cl)cc1. The number of hydrogen-bond donors (Lipinski definition) is 1. The van der Waals surface area contributed by atoms with Crippen LogP contribution in [0.2, 0.25) is 5.02 Å². The van der Waals surface area contributed by atoms with Crippen LogP contribution in [0.3, 0.4) is 0 Å². The number of morpholine rings is 1. The fourth-order valence-corrected chi connectivity index (χ4v) is 4.03. The van der Waals surface area contributed by atoms with Crippen molar-refractivity contribution in [1.29, 1.82) is 0 Å². The number of nitrogens with zero attached hydrogens (tertiary/aromatic N) is 4. The van der Waals surface area contributed by atoms with Gasteiger partial charge in [-0.05, 0) is 48.5 Å². The number of carbonyl (C=O) groups excluding carboxylic acids is 1. The van der Waals surface area contributed by atoms with Crippen molar-refractivity contribution in [2.24, 2.45) is 7.05 Å². The van der Waals surface area contributed by atoms with Crippen molar-refractivity contribution in [3.05, 3.63) is 53.6 Å². The van der Waals surface area contributed by atoms with Crippen LogP contribution >= 0.6 is 23.4 Å². The Morgan fingerprint density at radius 3 is 2.50 bits per heavy atom. The van der Waals surface area contributed by atoms with Gasteiger partial charge in [0, 0.05) is 42.1 Å². The summed E-state index contributed by atoms with van der Waals surface area (Å²) in [6.07, 6.45) is 0. The van der Waals surface area contributed by atoms with Crippen molar-refractivity contribution < 1.29 is 9.53 Å². The maximum atomic E-state index is 12.4. The molecule has 0 spiro atoms. The number of anilines is 2. The summed E-state index contributed by atoms with van der Waals surface area (Å²) in [6, 6.07) is 15.3. The van der Waals surface area contributed by atoms with Crippen molar-refractivity contribution in [2.45, 2.75) is 5.16 Å². The molecule has 2 heterocycles. The fraction of sp³-hybridized carbons (Fsp3) is 0.286. The topological polar surface area (TPSA) is 72.3 Å². The van der Waals surface area contributed by atoms with E-state index in [1.54, 1.807) is 0 Å². The van der Waals surface area contributed by atoms with Crippen molar-refractivity contribution in [3.8, 4) is 11.4 Å². The van der Waals surface area contributed by atoms with Crippen LogP contribution < -0.4 is 10.2 Å². The smallest absolute Gasteiger partial charge is 0.234 e. The largest absolute Gasteiger partial charge is 0.378 e.